The second-order valence-electron chi connectivity index (χ2n) is 8.32. The Labute approximate surface area is 205 Å². The SMILES string of the molecule is COc1ccc(CCNC(=O)C(=O)N/N=C\c2cc(C)n(-c3ccc(C)c(C)c3)c2C)cc1OC. The third-order valence-corrected chi connectivity index (χ3v) is 5.94. The predicted octanol–water partition coefficient (Wildman–Crippen LogP) is 3.54. The highest BCUT2D eigenvalue weighted by Crippen LogP contribution is 2.27. The number of hydrogen-bond donors (Lipinski definition) is 2. The summed E-state index contributed by atoms with van der Waals surface area (Å²) in [5.74, 6) is -0.327. The fourth-order valence-electron chi connectivity index (χ4n) is 3.83. The molecule has 1 heterocycles. The summed E-state index contributed by atoms with van der Waals surface area (Å²) in [4.78, 5) is 24.3. The molecule has 8 heteroatoms. The number of carbonyl (C=O) groups is 2. The van der Waals surface area contributed by atoms with Crippen LogP contribution in [0.1, 0.15) is 33.6 Å². The molecule has 0 aliphatic carbocycles. The molecule has 0 radical (unpaired) electrons. The van der Waals surface area contributed by atoms with Gasteiger partial charge in [0, 0.05) is 29.2 Å². The number of methoxy groups -OCH3 is 2. The molecule has 0 aliphatic heterocycles. The molecule has 0 aliphatic rings. The number of benzene rings is 2. The molecular formula is C27H32N4O4. The van der Waals surface area contributed by atoms with Crippen molar-refractivity contribution in [1.82, 2.24) is 15.3 Å². The lowest BCUT2D eigenvalue weighted by molar-refractivity contribution is -0.139. The van der Waals surface area contributed by atoms with Crippen LogP contribution in [0.3, 0.4) is 0 Å². The van der Waals surface area contributed by atoms with Crippen LogP contribution in [0.2, 0.25) is 0 Å². The van der Waals surface area contributed by atoms with Crippen LogP contribution in [0.4, 0.5) is 0 Å². The topological polar surface area (TPSA) is 94.0 Å². The number of aromatic nitrogens is 1. The molecule has 2 amide bonds. The van der Waals surface area contributed by atoms with Crippen LogP contribution in [0.15, 0.2) is 47.6 Å². The van der Waals surface area contributed by atoms with E-state index in [1.165, 1.54) is 11.1 Å². The molecule has 35 heavy (non-hydrogen) atoms. The van der Waals surface area contributed by atoms with E-state index in [0.29, 0.717) is 24.5 Å². The van der Waals surface area contributed by atoms with Gasteiger partial charge in [0.2, 0.25) is 0 Å². The molecule has 0 saturated carbocycles. The molecule has 184 valence electrons. The van der Waals surface area contributed by atoms with Crippen molar-refractivity contribution in [2.24, 2.45) is 5.10 Å². The van der Waals surface area contributed by atoms with Gasteiger partial charge in [0.1, 0.15) is 0 Å². The quantitative estimate of drug-likeness (QED) is 0.295. The number of nitrogens with zero attached hydrogens (tertiary/aromatic N) is 2. The minimum absolute atomic E-state index is 0.294. The zero-order valence-corrected chi connectivity index (χ0v) is 21.1. The van der Waals surface area contributed by atoms with Gasteiger partial charge in [-0.05, 0) is 81.1 Å². The predicted molar refractivity (Wildman–Crippen MR) is 137 cm³/mol. The largest absolute Gasteiger partial charge is 0.493 e. The maximum atomic E-state index is 12.1. The first kappa shape index (κ1) is 25.6. The number of ether oxygens (including phenoxy) is 2. The third kappa shape index (κ3) is 6.09. The molecule has 0 spiro atoms. The smallest absolute Gasteiger partial charge is 0.329 e. The lowest BCUT2D eigenvalue weighted by Crippen LogP contribution is -2.38. The van der Waals surface area contributed by atoms with Gasteiger partial charge in [0.05, 0.1) is 20.4 Å². The van der Waals surface area contributed by atoms with Crippen molar-refractivity contribution in [1.29, 1.82) is 0 Å². The number of nitrogens with one attached hydrogen (secondary N) is 2. The summed E-state index contributed by atoms with van der Waals surface area (Å²) in [5.41, 5.74) is 9.66. The highest BCUT2D eigenvalue weighted by Gasteiger charge is 2.13. The van der Waals surface area contributed by atoms with E-state index in [1.54, 1.807) is 26.5 Å². The van der Waals surface area contributed by atoms with E-state index in [-0.39, 0.29) is 0 Å². The molecule has 0 unspecified atom stereocenters. The normalized spacial score (nSPS) is 10.9. The van der Waals surface area contributed by atoms with E-state index in [4.69, 9.17) is 9.47 Å². The Morgan fingerprint density at radius 1 is 0.914 bits per heavy atom. The van der Waals surface area contributed by atoms with Gasteiger partial charge < -0.3 is 19.4 Å². The Hall–Kier alpha value is -4.07. The zero-order chi connectivity index (χ0) is 25.5. The first-order valence-corrected chi connectivity index (χ1v) is 11.3. The van der Waals surface area contributed by atoms with E-state index in [2.05, 4.69) is 52.5 Å². The van der Waals surface area contributed by atoms with Gasteiger partial charge in [-0.15, -0.1) is 0 Å². The van der Waals surface area contributed by atoms with Crippen LogP contribution >= 0.6 is 0 Å². The summed E-state index contributed by atoms with van der Waals surface area (Å²) in [6.45, 7) is 8.48. The van der Waals surface area contributed by atoms with E-state index >= 15 is 0 Å². The number of rotatable bonds is 8. The van der Waals surface area contributed by atoms with Crippen molar-refractivity contribution in [2.75, 3.05) is 20.8 Å². The van der Waals surface area contributed by atoms with Crippen LogP contribution in [0, 0.1) is 27.7 Å². The fraction of sp³-hybridized carbons (Fsp3) is 0.296. The molecule has 3 rings (SSSR count). The summed E-state index contributed by atoms with van der Waals surface area (Å²) in [7, 11) is 3.14. The first-order valence-electron chi connectivity index (χ1n) is 11.3. The number of hydrogen-bond acceptors (Lipinski definition) is 5. The summed E-state index contributed by atoms with van der Waals surface area (Å²) >= 11 is 0. The van der Waals surface area contributed by atoms with Crippen LogP contribution < -0.4 is 20.2 Å². The minimum Gasteiger partial charge on any atom is -0.493 e. The zero-order valence-electron chi connectivity index (χ0n) is 21.1. The summed E-state index contributed by atoms with van der Waals surface area (Å²) < 4.78 is 12.6. The second-order valence-corrected chi connectivity index (χ2v) is 8.32. The van der Waals surface area contributed by atoms with Gasteiger partial charge in [-0.3, -0.25) is 9.59 Å². The minimum atomic E-state index is -0.823. The van der Waals surface area contributed by atoms with E-state index in [9.17, 15) is 9.59 Å². The molecule has 3 aromatic rings. The number of carbonyl (C=O) groups excluding carboxylic acids is 2. The van der Waals surface area contributed by atoms with Gasteiger partial charge in [-0.2, -0.15) is 5.10 Å². The molecule has 0 saturated heterocycles. The molecular weight excluding hydrogens is 444 g/mol. The van der Waals surface area contributed by atoms with Crippen molar-refractivity contribution in [3.63, 3.8) is 0 Å². The molecule has 2 aromatic carbocycles. The van der Waals surface area contributed by atoms with E-state index < -0.39 is 11.8 Å². The summed E-state index contributed by atoms with van der Waals surface area (Å²) in [6, 6.07) is 13.8. The van der Waals surface area contributed by atoms with Gasteiger partial charge in [-0.25, -0.2) is 5.43 Å². The Morgan fingerprint density at radius 3 is 2.34 bits per heavy atom. The molecule has 0 bridgehead atoms. The molecule has 1 aromatic heterocycles. The molecule has 2 N–H and O–H groups in total. The second kappa shape index (κ2) is 11.4. The first-order chi connectivity index (χ1) is 16.7. The van der Waals surface area contributed by atoms with Crippen LogP contribution in [0.5, 0.6) is 11.5 Å². The standard InChI is InChI=1S/C27H32N4O4/c1-17-7-9-23(13-18(17)2)31-19(3)14-22(20(31)4)16-29-30-27(33)26(32)28-12-11-21-8-10-24(34-5)25(15-21)35-6/h7-10,13-16H,11-12H2,1-6H3,(H,28,32)(H,30,33)/b29-16-. The Balaban J connectivity index is 1.55. The highest BCUT2D eigenvalue weighted by molar-refractivity contribution is 6.35. The Bertz CT molecular complexity index is 1260. The lowest BCUT2D eigenvalue weighted by Gasteiger charge is -2.11. The summed E-state index contributed by atoms with van der Waals surface area (Å²) in [5, 5.41) is 6.58. The van der Waals surface area contributed by atoms with Crippen molar-refractivity contribution in [3.05, 3.63) is 76.1 Å². The number of hydrazone groups is 1. The van der Waals surface area contributed by atoms with Crippen molar-refractivity contribution >= 4 is 18.0 Å². The molecule has 0 fully saturated rings. The van der Waals surface area contributed by atoms with Gasteiger partial charge in [0.25, 0.3) is 0 Å². The van der Waals surface area contributed by atoms with Gasteiger partial charge in [0.15, 0.2) is 11.5 Å². The van der Waals surface area contributed by atoms with Crippen LogP contribution in [-0.2, 0) is 16.0 Å². The lowest BCUT2D eigenvalue weighted by atomic mass is 10.1. The van der Waals surface area contributed by atoms with Crippen molar-refractivity contribution in [3.8, 4) is 17.2 Å². The fourth-order valence-corrected chi connectivity index (χ4v) is 3.83. The van der Waals surface area contributed by atoms with Crippen molar-refractivity contribution in [2.45, 2.75) is 34.1 Å². The molecule has 8 nitrogen and oxygen atoms in total. The maximum Gasteiger partial charge on any atom is 0.329 e. The highest BCUT2D eigenvalue weighted by atomic mass is 16.5. The Kier molecular flexibility index (Phi) is 8.30. The number of aryl methyl sites for hydroxylation is 3. The van der Waals surface area contributed by atoms with Crippen LogP contribution in [-0.4, -0.2) is 43.4 Å². The molecule has 0 atom stereocenters. The number of amides is 2. The third-order valence-electron chi connectivity index (χ3n) is 5.94. The van der Waals surface area contributed by atoms with E-state index in [1.807, 2.05) is 32.0 Å². The average Bonchev–Trinajstić information content (AvgIpc) is 3.13. The van der Waals surface area contributed by atoms with Gasteiger partial charge in [-0.1, -0.05) is 12.1 Å². The van der Waals surface area contributed by atoms with Crippen molar-refractivity contribution < 1.29 is 19.1 Å². The Morgan fingerprint density at radius 2 is 1.66 bits per heavy atom. The maximum absolute atomic E-state index is 12.1. The van der Waals surface area contributed by atoms with Gasteiger partial charge >= 0.3 is 11.8 Å². The van der Waals surface area contributed by atoms with Crippen LogP contribution in [0.25, 0.3) is 5.69 Å². The summed E-state index contributed by atoms with van der Waals surface area (Å²) in [6.07, 6.45) is 2.09. The monoisotopic (exact) mass is 476 g/mol. The average molecular weight is 477 g/mol. The van der Waals surface area contributed by atoms with E-state index in [0.717, 1.165) is 28.2 Å².